The van der Waals surface area contributed by atoms with Crippen molar-refractivity contribution in [2.45, 2.75) is 37.3 Å². The van der Waals surface area contributed by atoms with Crippen LogP contribution in [0.5, 0.6) is 0 Å². The third-order valence-electron chi connectivity index (χ3n) is 3.48. The molecule has 0 saturated heterocycles. The summed E-state index contributed by atoms with van der Waals surface area (Å²) in [5, 5.41) is 13.3. The first kappa shape index (κ1) is 9.65. The molecule has 2 bridgehead atoms. The summed E-state index contributed by atoms with van der Waals surface area (Å²) in [6.45, 7) is 0. The summed E-state index contributed by atoms with van der Waals surface area (Å²) >= 11 is 0. The van der Waals surface area contributed by atoms with Crippen molar-refractivity contribution in [3.63, 3.8) is 0 Å². The molecule has 6 heteroatoms. The Morgan fingerprint density at radius 1 is 1.38 bits per heavy atom. The molecule has 86 valence electrons. The van der Waals surface area contributed by atoms with E-state index in [-0.39, 0.29) is 11.9 Å². The number of rotatable bonds is 0. The molecule has 2 unspecified atom stereocenters. The van der Waals surface area contributed by atoms with E-state index in [9.17, 15) is 5.11 Å². The van der Waals surface area contributed by atoms with Gasteiger partial charge in [-0.15, -0.1) is 0 Å². The largest absolute Gasteiger partial charge is 0.383 e. The van der Waals surface area contributed by atoms with Crippen LogP contribution in [0.1, 0.15) is 37.2 Å². The average molecular weight is 221 g/mol. The number of fused-ring (bicyclic) bond motifs is 4. The zero-order valence-electron chi connectivity index (χ0n) is 8.90. The summed E-state index contributed by atoms with van der Waals surface area (Å²) in [4.78, 5) is 8.10. The number of aliphatic hydroxyl groups is 1. The highest BCUT2D eigenvalue weighted by molar-refractivity contribution is 5.62. The molecular formula is C10H15N5O. The van der Waals surface area contributed by atoms with E-state index < -0.39 is 5.72 Å². The molecule has 1 aliphatic heterocycles. The quantitative estimate of drug-likeness (QED) is 0.505. The molecule has 1 aromatic heterocycles. The third kappa shape index (κ3) is 1.30. The zero-order valence-corrected chi connectivity index (χ0v) is 8.90. The second-order valence-electron chi connectivity index (χ2n) is 4.68. The van der Waals surface area contributed by atoms with E-state index in [1.807, 2.05) is 0 Å². The van der Waals surface area contributed by atoms with Gasteiger partial charge in [-0.3, -0.25) is 0 Å². The van der Waals surface area contributed by atoms with Crippen molar-refractivity contribution >= 4 is 17.6 Å². The van der Waals surface area contributed by atoms with Crippen molar-refractivity contribution < 1.29 is 5.11 Å². The summed E-state index contributed by atoms with van der Waals surface area (Å²) in [6, 6.07) is 0. The maximum absolute atomic E-state index is 10.3. The highest BCUT2D eigenvalue weighted by atomic mass is 16.3. The van der Waals surface area contributed by atoms with Gasteiger partial charge in [0, 0.05) is 12.0 Å². The third-order valence-corrected chi connectivity index (χ3v) is 3.48. The van der Waals surface area contributed by atoms with Crippen LogP contribution >= 0.6 is 0 Å². The first-order valence-electron chi connectivity index (χ1n) is 5.51. The van der Waals surface area contributed by atoms with Crippen LogP contribution in [0, 0.1) is 0 Å². The summed E-state index contributed by atoms with van der Waals surface area (Å²) in [5.41, 5.74) is 11.5. The van der Waals surface area contributed by atoms with E-state index in [4.69, 9.17) is 11.5 Å². The van der Waals surface area contributed by atoms with Gasteiger partial charge in [-0.05, 0) is 25.2 Å². The molecule has 6 nitrogen and oxygen atoms in total. The molecule has 1 saturated carbocycles. The van der Waals surface area contributed by atoms with Crippen molar-refractivity contribution in [1.82, 2.24) is 9.97 Å². The van der Waals surface area contributed by atoms with E-state index in [0.717, 1.165) is 24.8 Å². The minimum Gasteiger partial charge on any atom is -0.383 e. The van der Waals surface area contributed by atoms with E-state index in [1.165, 1.54) is 0 Å². The minimum atomic E-state index is -0.844. The second-order valence-corrected chi connectivity index (χ2v) is 4.68. The van der Waals surface area contributed by atoms with Gasteiger partial charge in [0.1, 0.15) is 17.4 Å². The molecule has 1 fully saturated rings. The van der Waals surface area contributed by atoms with Crippen LogP contribution in [0.25, 0.3) is 0 Å². The van der Waals surface area contributed by atoms with Gasteiger partial charge in [0.25, 0.3) is 0 Å². The van der Waals surface area contributed by atoms with Crippen LogP contribution in [0.2, 0.25) is 0 Å². The smallest absolute Gasteiger partial charge is 0.223 e. The first-order chi connectivity index (χ1) is 7.57. The van der Waals surface area contributed by atoms with E-state index in [2.05, 4.69) is 15.3 Å². The highest BCUT2D eigenvalue weighted by Crippen LogP contribution is 2.47. The van der Waals surface area contributed by atoms with Gasteiger partial charge in [0.2, 0.25) is 5.95 Å². The summed E-state index contributed by atoms with van der Waals surface area (Å²) in [6.07, 6.45) is 3.43. The predicted octanol–water partition coefficient (Wildman–Crippen LogP) is 0.413. The molecule has 2 heterocycles. The SMILES string of the molecule is Nc1nc(N)c2c(n1)NC1(O)CCCC2C1. The topological polar surface area (TPSA) is 110 Å². The number of hydrogen-bond acceptors (Lipinski definition) is 6. The Bertz CT molecular complexity index is 449. The van der Waals surface area contributed by atoms with Gasteiger partial charge in [0.05, 0.1) is 0 Å². The molecule has 1 aliphatic carbocycles. The Hall–Kier alpha value is -1.56. The molecule has 16 heavy (non-hydrogen) atoms. The van der Waals surface area contributed by atoms with Crippen molar-refractivity contribution in [2.75, 3.05) is 16.8 Å². The first-order valence-corrected chi connectivity index (χ1v) is 5.51. The molecule has 1 aromatic rings. The Morgan fingerprint density at radius 2 is 2.19 bits per heavy atom. The Balaban J connectivity index is 2.15. The van der Waals surface area contributed by atoms with Gasteiger partial charge in [-0.25, -0.2) is 0 Å². The Labute approximate surface area is 93.1 Å². The molecule has 3 rings (SSSR count). The summed E-state index contributed by atoms with van der Waals surface area (Å²) in [5.74, 6) is 1.43. The molecule has 0 spiro atoms. The Morgan fingerprint density at radius 3 is 3.00 bits per heavy atom. The van der Waals surface area contributed by atoms with Crippen LogP contribution in [0.15, 0.2) is 0 Å². The van der Waals surface area contributed by atoms with Gasteiger partial charge >= 0.3 is 0 Å². The highest BCUT2D eigenvalue weighted by Gasteiger charge is 2.42. The molecule has 0 radical (unpaired) electrons. The van der Waals surface area contributed by atoms with Crippen LogP contribution < -0.4 is 16.8 Å². The number of nitrogen functional groups attached to an aromatic ring is 2. The van der Waals surface area contributed by atoms with Crippen molar-refractivity contribution in [3.8, 4) is 0 Å². The number of nitrogens with one attached hydrogen (secondary N) is 1. The normalized spacial score (nSPS) is 31.7. The van der Waals surface area contributed by atoms with Crippen molar-refractivity contribution in [2.24, 2.45) is 0 Å². The van der Waals surface area contributed by atoms with Crippen LogP contribution in [0.3, 0.4) is 0 Å². The molecular weight excluding hydrogens is 206 g/mol. The van der Waals surface area contributed by atoms with Crippen LogP contribution in [-0.2, 0) is 0 Å². The van der Waals surface area contributed by atoms with Gasteiger partial charge in [-0.2, -0.15) is 9.97 Å². The lowest BCUT2D eigenvalue weighted by Crippen LogP contribution is -2.46. The van der Waals surface area contributed by atoms with E-state index in [1.54, 1.807) is 0 Å². The molecule has 2 aliphatic rings. The monoisotopic (exact) mass is 221 g/mol. The second kappa shape index (κ2) is 2.98. The van der Waals surface area contributed by atoms with Crippen LogP contribution in [-0.4, -0.2) is 20.8 Å². The molecule has 0 amide bonds. The molecule has 0 aromatic carbocycles. The minimum absolute atomic E-state index is 0.146. The van der Waals surface area contributed by atoms with Crippen molar-refractivity contribution in [3.05, 3.63) is 5.56 Å². The fourth-order valence-corrected chi connectivity index (χ4v) is 2.84. The van der Waals surface area contributed by atoms with Gasteiger partial charge in [-0.1, -0.05) is 0 Å². The molecule has 6 N–H and O–H groups in total. The summed E-state index contributed by atoms with van der Waals surface area (Å²) in [7, 11) is 0. The van der Waals surface area contributed by atoms with Crippen molar-refractivity contribution in [1.29, 1.82) is 0 Å². The van der Waals surface area contributed by atoms with E-state index >= 15 is 0 Å². The number of aromatic nitrogens is 2. The lowest BCUT2D eigenvalue weighted by molar-refractivity contribution is 0.0177. The fraction of sp³-hybridized carbons (Fsp3) is 0.600. The van der Waals surface area contributed by atoms with Gasteiger partial charge in [0.15, 0.2) is 0 Å². The van der Waals surface area contributed by atoms with Crippen LogP contribution in [0.4, 0.5) is 17.6 Å². The predicted molar refractivity (Wildman–Crippen MR) is 60.6 cm³/mol. The fourth-order valence-electron chi connectivity index (χ4n) is 2.84. The lowest BCUT2D eigenvalue weighted by atomic mass is 9.76. The Kier molecular flexibility index (Phi) is 1.79. The standard InChI is InChI=1S/C10H15N5O/c11-7-6-5-2-1-3-10(16,4-5)15-8(6)14-9(12)13-7/h5,16H,1-4H2,(H5,11,12,13,14,15). The maximum atomic E-state index is 10.3. The number of hydrogen-bond donors (Lipinski definition) is 4. The zero-order chi connectivity index (χ0) is 11.3. The number of nitrogens with zero attached hydrogens (tertiary/aromatic N) is 2. The molecule has 2 atom stereocenters. The number of anilines is 3. The maximum Gasteiger partial charge on any atom is 0.223 e. The van der Waals surface area contributed by atoms with Gasteiger partial charge < -0.3 is 21.9 Å². The lowest BCUT2D eigenvalue weighted by Gasteiger charge is -2.43. The average Bonchev–Trinajstić information content (AvgIpc) is 2.14. The van der Waals surface area contributed by atoms with E-state index in [0.29, 0.717) is 18.1 Å². The summed E-state index contributed by atoms with van der Waals surface area (Å²) < 4.78 is 0. The number of nitrogens with two attached hydrogens (primary N) is 2.